The first-order chi connectivity index (χ1) is 7.20. The van der Waals surface area contributed by atoms with Crippen LogP contribution in [0.4, 0.5) is 4.39 Å². The van der Waals surface area contributed by atoms with Crippen molar-refractivity contribution in [1.29, 1.82) is 0 Å². The highest BCUT2D eigenvalue weighted by Crippen LogP contribution is 2.26. The van der Waals surface area contributed by atoms with Gasteiger partial charge in [-0.3, -0.25) is 0 Å². The summed E-state index contributed by atoms with van der Waals surface area (Å²) in [6.45, 7) is 1.78. The van der Waals surface area contributed by atoms with Crippen LogP contribution in [0.15, 0.2) is 18.2 Å². The van der Waals surface area contributed by atoms with Gasteiger partial charge in [-0.1, -0.05) is 23.7 Å². The summed E-state index contributed by atoms with van der Waals surface area (Å²) in [5, 5.41) is 3.24. The van der Waals surface area contributed by atoms with Crippen molar-refractivity contribution in [2.45, 2.75) is 19.4 Å². The lowest BCUT2D eigenvalue weighted by molar-refractivity contribution is 0.591. The van der Waals surface area contributed by atoms with E-state index in [0.717, 1.165) is 5.56 Å². The summed E-state index contributed by atoms with van der Waals surface area (Å²) >= 11 is 5.88. The van der Waals surface area contributed by atoms with Crippen LogP contribution in [0.1, 0.15) is 24.9 Å². The van der Waals surface area contributed by atoms with Gasteiger partial charge in [0.1, 0.15) is 5.82 Å². The van der Waals surface area contributed by atoms with Crippen molar-refractivity contribution in [2.75, 3.05) is 7.05 Å². The molecule has 0 saturated heterocycles. The third kappa shape index (κ3) is 2.95. The van der Waals surface area contributed by atoms with Gasteiger partial charge in [0.25, 0.3) is 0 Å². The smallest absolute Gasteiger partial charge is 0.142 e. The molecular weight excluding hydrogens is 213 g/mol. The maximum atomic E-state index is 13.2. The van der Waals surface area contributed by atoms with Gasteiger partial charge in [-0.15, -0.1) is 11.8 Å². The van der Waals surface area contributed by atoms with Gasteiger partial charge in [0.05, 0.1) is 5.02 Å². The summed E-state index contributed by atoms with van der Waals surface area (Å²) in [6, 6.07) is 4.79. The highest BCUT2D eigenvalue weighted by atomic mass is 35.5. The van der Waals surface area contributed by atoms with E-state index >= 15 is 0 Å². The average molecular weight is 226 g/mol. The van der Waals surface area contributed by atoms with Gasteiger partial charge < -0.3 is 5.32 Å². The summed E-state index contributed by atoms with van der Waals surface area (Å²) in [7, 11) is 1.81. The molecule has 0 saturated carbocycles. The van der Waals surface area contributed by atoms with Crippen LogP contribution in [-0.2, 0) is 0 Å². The van der Waals surface area contributed by atoms with E-state index in [2.05, 4.69) is 17.2 Å². The predicted octanol–water partition coefficient (Wildman–Crippen LogP) is 3.15. The first-order valence-electron chi connectivity index (χ1n) is 4.71. The third-order valence-electron chi connectivity index (χ3n) is 2.19. The largest absolute Gasteiger partial charge is 0.312 e. The second-order valence-electron chi connectivity index (χ2n) is 3.12. The molecule has 1 unspecified atom stereocenters. The standard InChI is InChI=1S/C12H13ClFN/c1-3-4-8-11(15-2)9-6-5-7-10(14)12(9)13/h5-7,11,15H,8H2,1-2H3. The zero-order valence-corrected chi connectivity index (χ0v) is 9.53. The Balaban J connectivity index is 2.99. The van der Waals surface area contributed by atoms with Crippen LogP contribution in [-0.4, -0.2) is 7.05 Å². The van der Waals surface area contributed by atoms with Crippen molar-refractivity contribution in [2.24, 2.45) is 0 Å². The Morgan fingerprint density at radius 2 is 2.27 bits per heavy atom. The van der Waals surface area contributed by atoms with Crippen molar-refractivity contribution in [1.82, 2.24) is 5.32 Å². The van der Waals surface area contributed by atoms with Crippen LogP contribution in [0, 0.1) is 17.7 Å². The Morgan fingerprint density at radius 3 is 2.87 bits per heavy atom. The van der Waals surface area contributed by atoms with Gasteiger partial charge >= 0.3 is 0 Å². The number of halogens is 2. The molecule has 0 fully saturated rings. The van der Waals surface area contributed by atoms with Gasteiger partial charge in [-0.2, -0.15) is 0 Å². The molecule has 15 heavy (non-hydrogen) atoms. The van der Waals surface area contributed by atoms with E-state index in [1.165, 1.54) is 6.07 Å². The molecule has 1 atom stereocenters. The van der Waals surface area contributed by atoms with E-state index in [1.807, 2.05) is 13.1 Å². The van der Waals surface area contributed by atoms with E-state index in [4.69, 9.17) is 11.6 Å². The Kier molecular flexibility index (Phi) is 4.61. The summed E-state index contributed by atoms with van der Waals surface area (Å²) in [5.74, 6) is 5.37. The average Bonchev–Trinajstić information content (AvgIpc) is 2.25. The molecule has 1 aromatic carbocycles. The van der Waals surface area contributed by atoms with Gasteiger partial charge in [0.2, 0.25) is 0 Å². The van der Waals surface area contributed by atoms with Crippen LogP contribution in [0.5, 0.6) is 0 Å². The Hall–Kier alpha value is -1.04. The van der Waals surface area contributed by atoms with Gasteiger partial charge in [0.15, 0.2) is 0 Å². The van der Waals surface area contributed by atoms with E-state index in [9.17, 15) is 4.39 Å². The Morgan fingerprint density at radius 1 is 1.53 bits per heavy atom. The molecule has 1 nitrogen and oxygen atoms in total. The molecule has 0 aromatic heterocycles. The molecule has 3 heteroatoms. The fourth-order valence-corrected chi connectivity index (χ4v) is 1.62. The molecule has 0 aliphatic rings. The normalized spacial score (nSPS) is 11.7. The fraction of sp³-hybridized carbons (Fsp3) is 0.333. The molecule has 80 valence electrons. The molecular formula is C12H13ClFN. The van der Waals surface area contributed by atoms with Gasteiger partial charge in [-0.25, -0.2) is 4.39 Å². The summed E-state index contributed by atoms with van der Waals surface area (Å²) in [5.41, 5.74) is 0.752. The summed E-state index contributed by atoms with van der Waals surface area (Å²) < 4.78 is 13.2. The number of nitrogens with one attached hydrogen (secondary N) is 1. The highest BCUT2D eigenvalue weighted by Gasteiger charge is 2.13. The van der Waals surface area contributed by atoms with Crippen molar-refractivity contribution in [3.05, 3.63) is 34.6 Å². The van der Waals surface area contributed by atoms with Gasteiger partial charge in [0, 0.05) is 12.5 Å². The fourth-order valence-electron chi connectivity index (χ4n) is 1.36. The molecule has 1 rings (SSSR count). The maximum absolute atomic E-state index is 13.2. The molecule has 0 heterocycles. The van der Waals surface area contributed by atoms with E-state index in [1.54, 1.807) is 13.0 Å². The third-order valence-corrected chi connectivity index (χ3v) is 2.59. The van der Waals surface area contributed by atoms with Crippen molar-refractivity contribution in [3.8, 4) is 11.8 Å². The quantitative estimate of drug-likeness (QED) is 0.780. The lowest BCUT2D eigenvalue weighted by atomic mass is 10.0. The topological polar surface area (TPSA) is 12.0 Å². The number of benzene rings is 1. The van der Waals surface area contributed by atoms with E-state index in [0.29, 0.717) is 6.42 Å². The molecule has 0 aliphatic carbocycles. The van der Waals surface area contributed by atoms with Crippen molar-refractivity contribution in [3.63, 3.8) is 0 Å². The SMILES string of the molecule is CC#CCC(NC)c1cccc(F)c1Cl. The van der Waals surface area contributed by atoms with Crippen molar-refractivity contribution < 1.29 is 4.39 Å². The number of rotatable bonds is 3. The Labute approximate surface area is 94.6 Å². The predicted molar refractivity (Wildman–Crippen MR) is 61.3 cm³/mol. The second kappa shape index (κ2) is 5.75. The zero-order valence-electron chi connectivity index (χ0n) is 8.77. The van der Waals surface area contributed by atoms with Crippen LogP contribution in [0.2, 0.25) is 5.02 Å². The van der Waals surface area contributed by atoms with Crippen LogP contribution < -0.4 is 5.32 Å². The minimum absolute atomic E-state index is 0.0272. The molecule has 1 aromatic rings. The Bertz CT molecular complexity index is 392. The molecule has 1 N–H and O–H groups in total. The van der Waals surface area contributed by atoms with Crippen LogP contribution >= 0.6 is 11.6 Å². The van der Waals surface area contributed by atoms with Crippen molar-refractivity contribution >= 4 is 11.6 Å². The highest BCUT2D eigenvalue weighted by molar-refractivity contribution is 6.31. The van der Waals surface area contributed by atoms with E-state index in [-0.39, 0.29) is 16.9 Å². The minimum Gasteiger partial charge on any atom is -0.312 e. The monoisotopic (exact) mass is 225 g/mol. The molecule has 0 bridgehead atoms. The van der Waals surface area contributed by atoms with Crippen LogP contribution in [0.25, 0.3) is 0 Å². The first-order valence-corrected chi connectivity index (χ1v) is 5.09. The molecule has 0 spiro atoms. The first kappa shape index (κ1) is 12.0. The summed E-state index contributed by atoms with van der Waals surface area (Å²) in [4.78, 5) is 0. The lowest BCUT2D eigenvalue weighted by Crippen LogP contribution is -2.16. The van der Waals surface area contributed by atoms with E-state index < -0.39 is 0 Å². The van der Waals surface area contributed by atoms with Gasteiger partial charge in [-0.05, 0) is 25.6 Å². The molecule has 0 amide bonds. The lowest BCUT2D eigenvalue weighted by Gasteiger charge is -2.15. The molecule has 0 radical (unpaired) electrons. The second-order valence-corrected chi connectivity index (χ2v) is 3.49. The van der Waals surface area contributed by atoms with Crippen LogP contribution in [0.3, 0.4) is 0 Å². The maximum Gasteiger partial charge on any atom is 0.142 e. The minimum atomic E-state index is -0.390. The number of hydrogen-bond acceptors (Lipinski definition) is 1. The summed E-state index contributed by atoms with van der Waals surface area (Å²) in [6.07, 6.45) is 0.621. The number of hydrogen-bond donors (Lipinski definition) is 1. The zero-order chi connectivity index (χ0) is 11.3. The molecule has 0 aliphatic heterocycles.